The summed E-state index contributed by atoms with van der Waals surface area (Å²) in [5.41, 5.74) is -0.725. The topological polar surface area (TPSA) is 0 Å². The fraction of sp³-hybridized carbons (Fsp3) is 0.500. The van der Waals surface area contributed by atoms with Gasteiger partial charge in [-0.1, -0.05) is 6.08 Å². The Morgan fingerprint density at radius 3 is 1.90 bits per heavy atom. The van der Waals surface area contributed by atoms with Crippen molar-refractivity contribution in [2.75, 3.05) is 11.8 Å². The smallest absolute Gasteiger partial charge is 0.445 e. The third-order valence-electron chi connectivity index (χ3n) is 0.914. The second-order valence-corrected chi connectivity index (χ2v) is 2.22. The van der Waals surface area contributed by atoms with E-state index < -0.39 is 18.3 Å². The van der Waals surface area contributed by atoms with Crippen LogP contribution in [0.4, 0.5) is 12.9 Å². The number of alkyl halides is 2. The molecule has 0 aliphatic rings. The van der Waals surface area contributed by atoms with Crippen LogP contribution in [0, 0.1) is 0 Å². The number of rotatable bonds is 3. The van der Waals surface area contributed by atoms with Crippen LogP contribution in [0.1, 0.15) is 0 Å². The van der Waals surface area contributed by atoms with E-state index in [4.69, 9.17) is 23.2 Å². The van der Waals surface area contributed by atoms with Crippen molar-refractivity contribution in [2.24, 2.45) is 0 Å². The molecule has 0 amide bonds. The van der Waals surface area contributed by atoms with Crippen molar-refractivity contribution in [3.63, 3.8) is 0 Å². The lowest BCUT2D eigenvalue weighted by molar-refractivity contribution is 0.490. The summed E-state index contributed by atoms with van der Waals surface area (Å²) >= 11 is 10.1. The Morgan fingerprint density at radius 1 is 1.30 bits per heavy atom. The standard InChI is InChI=1S/C4H5BCl2F3/c6-2-1-4(3-7)5(8,9)10/h1H,2-3H2/q-1/b4-1+. The lowest BCUT2D eigenvalue weighted by Crippen LogP contribution is -2.20. The van der Waals surface area contributed by atoms with E-state index >= 15 is 0 Å². The van der Waals surface area contributed by atoms with Gasteiger partial charge in [0.05, 0.1) is 0 Å². The van der Waals surface area contributed by atoms with Gasteiger partial charge in [0.25, 0.3) is 0 Å². The van der Waals surface area contributed by atoms with Crippen molar-refractivity contribution in [2.45, 2.75) is 0 Å². The molecule has 0 aromatic rings. The van der Waals surface area contributed by atoms with Gasteiger partial charge in [-0.05, 0) is 0 Å². The van der Waals surface area contributed by atoms with Gasteiger partial charge in [0.15, 0.2) is 0 Å². The molecule has 0 bridgehead atoms. The summed E-state index contributed by atoms with van der Waals surface area (Å²) < 4.78 is 35.3. The Morgan fingerprint density at radius 2 is 1.80 bits per heavy atom. The van der Waals surface area contributed by atoms with Gasteiger partial charge in [-0.3, -0.25) is 0 Å². The maximum Gasteiger partial charge on any atom is 0.506 e. The second kappa shape index (κ2) is 4.14. The zero-order valence-corrected chi connectivity index (χ0v) is 6.47. The molecule has 0 fully saturated rings. The molecule has 0 radical (unpaired) electrons. The molecule has 0 aliphatic carbocycles. The highest BCUT2D eigenvalue weighted by molar-refractivity contribution is 6.68. The van der Waals surface area contributed by atoms with Gasteiger partial charge in [-0.15, -0.1) is 28.7 Å². The highest BCUT2D eigenvalue weighted by atomic mass is 35.5. The summed E-state index contributed by atoms with van der Waals surface area (Å²) in [5.74, 6) is -0.667. The molecule has 0 atom stereocenters. The fourth-order valence-electron chi connectivity index (χ4n) is 0.375. The lowest BCUT2D eigenvalue weighted by Gasteiger charge is -2.15. The molecule has 10 heavy (non-hydrogen) atoms. The molecule has 0 aliphatic heterocycles. The summed E-state index contributed by atoms with van der Waals surface area (Å²) in [5, 5.41) is 0. The van der Waals surface area contributed by atoms with Gasteiger partial charge < -0.3 is 12.9 Å². The first-order valence-electron chi connectivity index (χ1n) is 2.53. The van der Waals surface area contributed by atoms with Crippen molar-refractivity contribution >= 4 is 30.2 Å². The van der Waals surface area contributed by atoms with Crippen LogP contribution >= 0.6 is 23.2 Å². The molecule has 0 unspecified atom stereocenters. The molecular formula is C4H5BCl2F3-. The summed E-state index contributed by atoms with van der Waals surface area (Å²) in [6.45, 7) is -4.93. The molecule has 0 rings (SSSR count). The van der Waals surface area contributed by atoms with Crippen LogP contribution in [-0.4, -0.2) is 18.7 Å². The largest absolute Gasteiger partial charge is 0.506 e. The maximum atomic E-state index is 11.8. The van der Waals surface area contributed by atoms with Gasteiger partial charge in [-0.2, -0.15) is 0 Å². The molecule has 0 aromatic heterocycles. The average Bonchev–Trinajstić information content (AvgIpc) is 1.80. The van der Waals surface area contributed by atoms with Crippen molar-refractivity contribution in [1.82, 2.24) is 0 Å². The van der Waals surface area contributed by atoms with Crippen molar-refractivity contribution in [3.05, 3.63) is 11.5 Å². The van der Waals surface area contributed by atoms with Gasteiger partial charge in [0, 0.05) is 11.8 Å². The molecule has 0 nitrogen and oxygen atoms in total. The second-order valence-electron chi connectivity index (χ2n) is 1.64. The molecular weight excluding hydrogens is 187 g/mol. The molecule has 0 saturated heterocycles. The van der Waals surface area contributed by atoms with E-state index in [0.717, 1.165) is 6.08 Å². The van der Waals surface area contributed by atoms with Gasteiger partial charge in [0.2, 0.25) is 0 Å². The zero-order chi connectivity index (χ0) is 8.20. The Bertz CT molecular complexity index is 131. The minimum atomic E-state index is -4.93. The van der Waals surface area contributed by atoms with E-state index in [1.54, 1.807) is 0 Å². The summed E-state index contributed by atoms with van der Waals surface area (Å²) in [4.78, 5) is 0. The first-order valence-corrected chi connectivity index (χ1v) is 3.60. The summed E-state index contributed by atoms with van der Waals surface area (Å²) in [6, 6.07) is 0. The molecule has 60 valence electrons. The summed E-state index contributed by atoms with van der Waals surface area (Å²) in [7, 11) is 0. The van der Waals surface area contributed by atoms with Crippen LogP contribution in [0.5, 0.6) is 0 Å². The van der Waals surface area contributed by atoms with Crippen LogP contribution in [0.2, 0.25) is 0 Å². The highest BCUT2D eigenvalue weighted by Gasteiger charge is 2.26. The predicted molar refractivity (Wildman–Crippen MR) is 38.6 cm³/mol. The lowest BCUT2D eigenvalue weighted by atomic mass is 9.80. The fourth-order valence-corrected chi connectivity index (χ4v) is 0.857. The van der Waals surface area contributed by atoms with Crippen LogP contribution in [-0.2, 0) is 0 Å². The first kappa shape index (κ1) is 10.2. The Hall–Kier alpha value is 0.175. The van der Waals surface area contributed by atoms with E-state index in [1.807, 2.05) is 0 Å². The third-order valence-corrected chi connectivity index (χ3v) is 1.38. The van der Waals surface area contributed by atoms with Gasteiger partial charge >= 0.3 is 6.98 Å². The molecule has 6 heteroatoms. The van der Waals surface area contributed by atoms with Crippen molar-refractivity contribution < 1.29 is 12.9 Å². The third kappa shape index (κ3) is 3.37. The molecule has 0 saturated carbocycles. The molecule has 0 N–H and O–H groups in total. The average molecular weight is 192 g/mol. The van der Waals surface area contributed by atoms with Crippen LogP contribution < -0.4 is 0 Å². The van der Waals surface area contributed by atoms with Crippen LogP contribution in [0.15, 0.2) is 11.5 Å². The highest BCUT2D eigenvalue weighted by Crippen LogP contribution is 2.20. The normalized spacial score (nSPS) is 13.9. The number of halogens is 5. The van der Waals surface area contributed by atoms with E-state index in [-0.39, 0.29) is 5.88 Å². The van der Waals surface area contributed by atoms with Crippen molar-refractivity contribution in [3.8, 4) is 0 Å². The number of hydrogen-bond donors (Lipinski definition) is 0. The maximum absolute atomic E-state index is 11.8. The monoisotopic (exact) mass is 191 g/mol. The molecule has 0 spiro atoms. The minimum absolute atomic E-state index is 0.149. The van der Waals surface area contributed by atoms with Crippen LogP contribution in [0.3, 0.4) is 0 Å². The minimum Gasteiger partial charge on any atom is -0.445 e. The van der Waals surface area contributed by atoms with Crippen LogP contribution in [0.25, 0.3) is 0 Å². The van der Waals surface area contributed by atoms with E-state index in [9.17, 15) is 12.9 Å². The Kier molecular flexibility index (Phi) is 4.21. The number of allylic oxidation sites excluding steroid dienone is 2. The number of hydrogen-bond acceptors (Lipinski definition) is 0. The van der Waals surface area contributed by atoms with E-state index in [1.165, 1.54) is 0 Å². The van der Waals surface area contributed by atoms with Gasteiger partial charge in [-0.25, -0.2) is 0 Å². The van der Waals surface area contributed by atoms with E-state index in [0.29, 0.717) is 0 Å². The molecule has 0 heterocycles. The van der Waals surface area contributed by atoms with Crippen molar-refractivity contribution in [1.29, 1.82) is 0 Å². The first-order chi connectivity index (χ1) is 4.52. The predicted octanol–water partition coefficient (Wildman–Crippen LogP) is 2.78. The SMILES string of the molecule is F[B-](F)(F)/C(=C/CCl)CCl. The quantitative estimate of drug-likeness (QED) is 0.476. The van der Waals surface area contributed by atoms with Gasteiger partial charge in [0.1, 0.15) is 0 Å². The summed E-state index contributed by atoms with van der Waals surface area (Å²) in [6.07, 6.45) is 0.883. The van der Waals surface area contributed by atoms with E-state index in [2.05, 4.69) is 0 Å². The zero-order valence-electron chi connectivity index (χ0n) is 4.96. The molecule has 0 aromatic carbocycles. The Balaban J connectivity index is 4.21. The Labute approximate surface area is 67.1 Å².